The van der Waals surface area contributed by atoms with Crippen LogP contribution < -0.4 is 15.5 Å². The highest BCUT2D eigenvalue weighted by atomic mass is 28.3. The number of hydrogen-bond acceptors (Lipinski definition) is 11. The predicted octanol–water partition coefficient (Wildman–Crippen LogP) is 9.58. The number of rotatable bonds is 17. The van der Waals surface area contributed by atoms with Crippen LogP contribution in [0.1, 0.15) is 97.9 Å². The van der Waals surface area contributed by atoms with Gasteiger partial charge in [-0.3, -0.25) is 29.5 Å². The highest BCUT2D eigenvalue weighted by Gasteiger charge is 2.31. The van der Waals surface area contributed by atoms with Crippen LogP contribution in [0, 0.1) is 11.7 Å². The number of halogens is 1. The third kappa shape index (κ3) is 11.8. The van der Waals surface area contributed by atoms with Crippen molar-refractivity contribution in [3.63, 3.8) is 0 Å². The number of ether oxygens (including phenoxy) is 2. The number of aryl methyl sites for hydroxylation is 1. The number of aromatic nitrogens is 4. The highest BCUT2D eigenvalue weighted by molar-refractivity contribution is 6.76. The molecule has 4 fully saturated rings. The fourth-order valence-electron chi connectivity index (χ4n) is 11.9. The zero-order valence-corrected chi connectivity index (χ0v) is 46.6. The van der Waals surface area contributed by atoms with Crippen molar-refractivity contribution < 1.29 is 28.2 Å². The molecule has 3 amide bonds. The maximum atomic E-state index is 15.3. The van der Waals surface area contributed by atoms with Gasteiger partial charge < -0.3 is 33.7 Å². The Morgan fingerprint density at radius 3 is 2.33 bits per heavy atom. The maximum absolute atomic E-state index is 15.3. The minimum absolute atomic E-state index is 0.117. The molecule has 15 nitrogen and oxygen atoms in total. The van der Waals surface area contributed by atoms with Gasteiger partial charge in [0, 0.05) is 116 Å². The number of hydrogen-bond donors (Lipinski definition) is 2. The Balaban J connectivity index is 0.691. The number of methoxy groups -OCH3 is 1. The number of likely N-dealkylation sites (tertiary alicyclic amines) is 2. The van der Waals surface area contributed by atoms with E-state index < -0.39 is 14.1 Å². The Morgan fingerprint density at radius 1 is 0.882 bits per heavy atom. The van der Waals surface area contributed by atoms with Crippen molar-refractivity contribution in [2.24, 2.45) is 13.0 Å². The summed E-state index contributed by atoms with van der Waals surface area (Å²) in [6.45, 7) is 20.3. The topological polar surface area (TPSA) is 142 Å². The summed E-state index contributed by atoms with van der Waals surface area (Å²) in [4.78, 5) is 56.6. The van der Waals surface area contributed by atoms with Crippen LogP contribution in [-0.4, -0.2) is 138 Å². The average Bonchev–Trinajstić information content (AvgIpc) is 3.97. The van der Waals surface area contributed by atoms with Crippen LogP contribution in [0.15, 0.2) is 79.0 Å². The van der Waals surface area contributed by atoms with E-state index >= 15 is 4.39 Å². The smallest absolute Gasteiger partial charge is 0.253 e. The van der Waals surface area contributed by atoms with Crippen molar-refractivity contribution in [1.29, 1.82) is 0 Å². The molecule has 17 heteroatoms. The third-order valence-electron chi connectivity index (χ3n) is 16.8. The molecule has 7 heterocycles. The first-order valence-corrected chi connectivity index (χ1v) is 31.4. The van der Waals surface area contributed by atoms with E-state index in [2.05, 4.69) is 111 Å². The lowest BCUT2D eigenvalue weighted by Crippen LogP contribution is -2.49. The van der Waals surface area contributed by atoms with E-state index in [0.29, 0.717) is 36.4 Å². The van der Waals surface area contributed by atoms with E-state index in [9.17, 15) is 14.4 Å². The van der Waals surface area contributed by atoms with Gasteiger partial charge in [-0.05, 0) is 148 Å². The summed E-state index contributed by atoms with van der Waals surface area (Å²) in [6.07, 6.45) is 6.46. The SMILES string of the molecule is CO[C@H](C)c1nc2cc(-c3ccnc4c3cc([C@H](C)N3CCC(c5ccc(C(=O)N6CCC(CN7CCN(c8ccc(NC9CCC(=O)NC9=O)cc8F)CC7)CC6)cc5)CC3)n4C)ccc2n1COCC[Si](C)(C)C. The molecule has 2 N–H and O–H groups in total. The molecule has 76 heavy (non-hydrogen) atoms. The number of piperidine rings is 3. The fraction of sp³-hybridized carbons (Fsp3) is 0.508. The molecular weight excluding hydrogens is 976 g/mol. The normalized spacial score (nSPS) is 19.7. The van der Waals surface area contributed by atoms with E-state index in [4.69, 9.17) is 19.4 Å². The minimum Gasteiger partial charge on any atom is -0.374 e. The van der Waals surface area contributed by atoms with Crippen molar-refractivity contribution in [3.05, 3.63) is 107 Å². The zero-order valence-electron chi connectivity index (χ0n) is 45.6. The summed E-state index contributed by atoms with van der Waals surface area (Å²) in [5, 5.41) is 6.54. The maximum Gasteiger partial charge on any atom is 0.253 e. The first-order chi connectivity index (χ1) is 36.6. The van der Waals surface area contributed by atoms with Gasteiger partial charge in [-0.25, -0.2) is 14.4 Å². The number of anilines is 2. The number of pyridine rings is 1. The predicted molar refractivity (Wildman–Crippen MR) is 301 cm³/mol. The summed E-state index contributed by atoms with van der Waals surface area (Å²) < 4.78 is 31.7. The first kappa shape index (κ1) is 53.4. The second-order valence-electron chi connectivity index (χ2n) is 23.0. The van der Waals surface area contributed by atoms with Crippen LogP contribution in [0.2, 0.25) is 25.7 Å². The standard InChI is InChI=1S/C59H77FN10O5Si/c1-39(54-36-48-47(18-23-61-57(48)65(54)3)45-12-15-53-51(34-45)63-56(40(2)74-4)70(53)38-75-32-33-76(5,6)7)67-26-21-43(22-27-67)42-8-10-44(11-9-42)59(73)69-24-19-41(20-25-69)37-66-28-30-68(31-29-66)52-16-13-46(35-49(52)60)62-50-14-17-55(71)64-58(50)72/h8-13,15-16,18,23,34-36,39-41,43,50,62H,14,17,19-22,24-33,37-38H2,1-7H3,(H,64,71,72)/t39-,40+,50?/m0/s1. The van der Waals surface area contributed by atoms with Crippen LogP contribution in [0.5, 0.6) is 0 Å². The average molecular weight is 1050 g/mol. The number of amides is 3. The van der Waals surface area contributed by atoms with Gasteiger partial charge in [0.2, 0.25) is 11.8 Å². The molecule has 0 bridgehead atoms. The van der Waals surface area contributed by atoms with E-state index in [1.54, 1.807) is 19.2 Å². The Hall–Kier alpha value is -5.98. The van der Waals surface area contributed by atoms with Gasteiger partial charge in [-0.2, -0.15) is 0 Å². The Kier molecular flexibility index (Phi) is 16.1. The molecule has 4 saturated heterocycles. The highest BCUT2D eigenvalue weighted by Crippen LogP contribution is 2.38. The van der Waals surface area contributed by atoms with Gasteiger partial charge >= 0.3 is 0 Å². The number of imidazole rings is 1. The summed E-state index contributed by atoms with van der Waals surface area (Å²) in [7, 11) is 2.65. The van der Waals surface area contributed by atoms with E-state index in [1.807, 2.05) is 30.2 Å². The Morgan fingerprint density at radius 2 is 1.63 bits per heavy atom. The van der Waals surface area contributed by atoms with Crippen LogP contribution in [-0.2, 0) is 32.8 Å². The minimum atomic E-state index is -1.21. The second-order valence-corrected chi connectivity index (χ2v) is 28.6. The number of carbonyl (C=O) groups is 3. The van der Waals surface area contributed by atoms with Gasteiger partial charge in [-0.15, -0.1) is 0 Å². The molecule has 0 aliphatic carbocycles. The van der Waals surface area contributed by atoms with E-state index in [-0.39, 0.29) is 42.1 Å². The lowest BCUT2D eigenvalue weighted by atomic mass is 9.88. The Bertz CT molecular complexity index is 3040. The largest absolute Gasteiger partial charge is 0.374 e. The van der Waals surface area contributed by atoms with Gasteiger partial charge in [0.05, 0.1) is 16.7 Å². The molecule has 10 rings (SSSR count). The van der Waals surface area contributed by atoms with Crippen molar-refractivity contribution in [2.45, 2.75) is 109 Å². The number of nitrogens with zero attached hydrogens (tertiary/aromatic N) is 8. The van der Waals surface area contributed by atoms with Crippen LogP contribution in [0.4, 0.5) is 15.8 Å². The lowest BCUT2D eigenvalue weighted by molar-refractivity contribution is -0.133. The number of benzene rings is 3. The number of piperazine rings is 1. The van der Waals surface area contributed by atoms with E-state index in [1.165, 1.54) is 17.3 Å². The Labute approximate surface area is 448 Å². The van der Waals surface area contributed by atoms with Crippen LogP contribution >= 0.6 is 0 Å². The monoisotopic (exact) mass is 1050 g/mol. The van der Waals surface area contributed by atoms with Crippen molar-refractivity contribution >= 4 is 59.2 Å². The molecule has 4 aliphatic rings. The molecule has 404 valence electrons. The van der Waals surface area contributed by atoms with Gasteiger partial charge in [-0.1, -0.05) is 37.8 Å². The molecule has 6 aromatic rings. The lowest BCUT2D eigenvalue weighted by Gasteiger charge is -2.39. The van der Waals surface area contributed by atoms with Crippen molar-refractivity contribution in [2.75, 3.05) is 82.8 Å². The summed E-state index contributed by atoms with van der Waals surface area (Å²) in [5.74, 6) is 0.967. The molecule has 3 aromatic heterocycles. The number of imide groups is 1. The number of nitrogens with one attached hydrogen (secondary N) is 2. The zero-order chi connectivity index (χ0) is 53.3. The molecule has 3 aromatic carbocycles. The molecule has 0 radical (unpaired) electrons. The molecular formula is C59H77FN10O5Si. The number of fused-ring (bicyclic) bond motifs is 2. The van der Waals surface area contributed by atoms with Crippen LogP contribution in [0.25, 0.3) is 33.2 Å². The molecule has 4 aliphatic heterocycles. The molecule has 0 saturated carbocycles. The molecule has 1 unspecified atom stereocenters. The molecule has 0 spiro atoms. The van der Waals surface area contributed by atoms with Gasteiger partial charge in [0.25, 0.3) is 5.91 Å². The molecule has 3 atom stereocenters. The fourth-order valence-corrected chi connectivity index (χ4v) is 12.7. The van der Waals surface area contributed by atoms with E-state index in [0.717, 1.165) is 142 Å². The van der Waals surface area contributed by atoms with Crippen LogP contribution in [0.3, 0.4) is 0 Å². The third-order valence-corrected chi connectivity index (χ3v) is 18.5. The first-order valence-electron chi connectivity index (χ1n) is 27.7. The quantitative estimate of drug-likeness (QED) is 0.0513. The summed E-state index contributed by atoms with van der Waals surface area (Å²) in [6, 6.07) is 25.2. The summed E-state index contributed by atoms with van der Waals surface area (Å²) >= 11 is 0. The van der Waals surface area contributed by atoms with Gasteiger partial charge in [0.1, 0.15) is 36.2 Å². The second kappa shape index (κ2) is 22.9. The van der Waals surface area contributed by atoms with Crippen molar-refractivity contribution in [1.82, 2.24) is 39.1 Å². The summed E-state index contributed by atoms with van der Waals surface area (Å²) in [5.41, 5.74) is 9.58. The number of carbonyl (C=O) groups excluding carboxylic acids is 3. The van der Waals surface area contributed by atoms with Crippen molar-refractivity contribution in [3.8, 4) is 11.1 Å². The van der Waals surface area contributed by atoms with Gasteiger partial charge in [0.15, 0.2) is 0 Å².